The molecule has 1 aliphatic carbocycles. The van der Waals surface area contributed by atoms with E-state index in [0.717, 1.165) is 17.7 Å². The SMILES string of the molecule is Nc1ccc2c(c1)C=C(CCC(=O)C1SCN[C@@H]1C(=O)O)C2. The summed E-state index contributed by atoms with van der Waals surface area (Å²) in [5, 5.41) is 11.5. The van der Waals surface area contributed by atoms with Crippen molar-refractivity contribution in [1.82, 2.24) is 5.32 Å². The molecule has 1 aromatic carbocycles. The number of nitrogens with one attached hydrogen (secondary N) is 1. The maximum atomic E-state index is 12.3. The van der Waals surface area contributed by atoms with Crippen molar-refractivity contribution in [1.29, 1.82) is 0 Å². The molecule has 1 aromatic rings. The molecular weight excluding hydrogens is 300 g/mol. The fourth-order valence-corrected chi connectivity index (χ4v) is 4.10. The molecule has 0 radical (unpaired) electrons. The molecule has 1 heterocycles. The number of carbonyl (C=O) groups is 2. The largest absolute Gasteiger partial charge is 0.480 e. The molecule has 0 saturated carbocycles. The number of ketones is 1. The number of carbonyl (C=O) groups excluding carboxylic acids is 1. The summed E-state index contributed by atoms with van der Waals surface area (Å²) in [6.45, 7) is 0. The highest BCUT2D eigenvalue weighted by molar-refractivity contribution is 8.00. The molecule has 0 amide bonds. The quantitative estimate of drug-likeness (QED) is 0.715. The maximum Gasteiger partial charge on any atom is 0.322 e. The predicted octanol–water partition coefficient (Wildman–Crippen LogP) is 1.67. The van der Waals surface area contributed by atoms with Gasteiger partial charge < -0.3 is 10.8 Å². The summed E-state index contributed by atoms with van der Waals surface area (Å²) in [4.78, 5) is 23.4. The summed E-state index contributed by atoms with van der Waals surface area (Å²) in [5.74, 6) is -0.425. The molecule has 5 nitrogen and oxygen atoms in total. The molecule has 3 rings (SSSR count). The molecule has 2 aliphatic rings. The molecule has 0 spiro atoms. The van der Waals surface area contributed by atoms with Crippen LogP contribution in [0.2, 0.25) is 0 Å². The van der Waals surface area contributed by atoms with E-state index in [0.29, 0.717) is 18.7 Å². The molecule has 1 unspecified atom stereocenters. The van der Waals surface area contributed by atoms with E-state index < -0.39 is 17.3 Å². The van der Waals surface area contributed by atoms with Crippen LogP contribution in [0.5, 0.6) is 0 Å². The molecule has 1 fully saturated rings. The summed E-state index contributed by atoms with van der Waals surface area (Å²) in [6, 6.07) is 5.10. The van der Waals surface area contributed by atoms with Gasteiger partial charge in [-0.05, 0) is 36.1 Å². The number of aliphatic carboxylic acids is 1. The Morgan fingerprint density at radius 2 is 2.23 bits per heavy atom. The van der Waals surface area contributed by atoms with Gasteiger partial charge in [-0.3, -0.25) is 14.9 Å². The molecule has 2 atom stereocenters. The number of benzene rings is 1. The van der Waals surface area contributed by atoms with Gasteiger partial charge in [0.25, 0.3) is 0 Å². The Hall–Kier alpha value is -1.79. The number of rotatable bonds is 5. The lowest BCUT2D eigenvalue weighted by Crippen LogP contribution is -2.41. The minimum Gasteiger partial charge on any atom is -0.480 e. The highest BCUT2D eigenvalue weighted by Gasteiger charge is 2.37. The van der Waals surface area contributed by atoms with Crippen LogP contribution in [-0.4, -0.2) is 34.0 Å². The van der Waals surface area contributed by atoms with Crippen molar-refractivity contribution in [3.8, 4) is 0 Å². The van der Waals surface area contributed by atoms with E-state index >= 15 is 0 Å². The van der Waals surface area contributed by atoms with Crippen molar-refractivity contribution in [3.63, 3.8) is 0 Å². The van der Waals surface area contributed by atoms with Crippen LogP contribution in [0.15, 0.2) is 23.8 Å². The lowest BCUT2D eigenvalue weighted by Gasteiger charge is -2.13. The molecule has 0 bridgehead atoms. The first-order valence-corrected chi connectivity index (χ1v) is 8.28. The van der Waals surface area contributed by atoms with Crippen LogP contribution < -0.4 is 11.1 Å². The van der Waals surface area contributed by atoms with Gasteiger partial charge in [-0.25, -0.2) is 0 Å². The summed E-state index contributed by atoms with van der Waals surface area (Å²) in [7, 11) is 0. The smallest absolute Gasteiger partial charge is 0.322 e. The van der Waals surface area contributed by atoms with Crippen molar-refractivity contribution in [3.05, 3.63) is 34.9 Å². The third kappa shape index (κ3) is 3.03. The Labute approximate surface area is 133 Å². The zero-order chi connectivity index (χ0) is 15.7. The van der Waals surface area contributed by atoms with Crippen LogP contribution >= 0.6 is 11.8 Å². The van der Waals surface area contributed by atoms with E-state index in [9.17, 15) is 9.59 Å². The van der Waals surface area contributed by atoms with Crippen molar-refractivity contribution >= 4 is 35.3 Å². The van der Waals surface area contributed by atoms with Crippen molar-refractivity contribution < 1.29 is 14.7 Å². The third-order valence-electron chi connectivity index (χ3n) is 4.09. The molecule has 4 N–H and O–H groups in total. The molecule has 1 aliphatic heterocycles. The zero-order valence-electron chi connectivity index (χ0n) is 12.0. The molecular formula is C16H18N2O3S. The van der Waals surface area contributed by atoms with Crippen LogP contribution in [0.3, 0.4) is 0 Å². The number of thioether (sulfide) groups is 1. The molecule has 6 heteroatoms. The van der Waals surface area contributed by atoms with Crippen molar-refractivity contribution in [2.45, 2.75) is 30.6 Å². The summed E-state index contributed by atoms with van der Waals surface area (Å²) < 4.78 is 0. The van der Waals surface area contributed by atoms with Gasteiger partial charge in [0.1, 0.15) is 11.8 Å². The summed E-state index contributed by atoms with van der Waals surface area (Å²) in [6.07, 6.45) is 4.00. The highest BCUT2D eigenvalue weighted by Crippen LogP contribution is 2.30. The number of allylic oxidation sites excluding steroid dienone is 1. The van der Waals surface area contributed by atoms with Gasteiger partial charge in [-0.1, -0.05) is 17.7 Å². The first kappa shape index (κ1) is 15.1. The van der Waals surface area contributed by atoms with E-state index in [1.165, 1.54) is 22.9 Å². The Kier molecular flexibility index (Phi) is 4.22. The van der Waals surface area contributed by atoms with Gasteiger partial charge in [0.15, 0.2) is 0 Å². The summed E-state index contributed by atoms with van der Waals surface area (Å²) in [5.41, 5.74) is 10.1. The van der Waals surface area contributed by atoms with Gasteiger partial charge >= 0.3 is 5.97 Å². The van der Waals surface area contributed by atoms with Crippen LogP contribution in [0, 0.1) is 0 Å². The number of anilines is 1. The fourth-order valence-electron chi connectivity index (χ4n) is 2.94. The average molecular weight is 318 g/mol. The lowest BCUT2D eigenvalue weighted by molar-refractivity contribution is -0.140. The monoisotopic (exact) mass is 318 g/mol. The van der Waals surface area contributed by atoms with Gasteiger partial charge in [-0.2, -0.15) is 0 Å². The Morgan fingerprint density at radius 3 is 3.00 bits per heavy atom. The fraction of sp³-hybridized carbons (Fsp3) is 0.375. The third-order valence-corrected chi connectivity index (χ3v) is 5.32. The molecule has 116 valence electrons. The van der Waals surface area contributed by atoms with Gasteiger partial charge in [-0.15, -0.1) is 11.8 Å². The van der Waals surface area contributed by atoms with Crippen molar-refractivity contribution in [2.24, 2.45) is 0 Å². The Balaban J connectivity index is 1.59. The highest BCUT2D eigenvalue weighted by atomic mass is 32.2. The van der Waals surface area contributed by atoms with Crippen LogP contribution in [0.25, 0.3) is 6.08 Å². The van der Waals surface area contributed by atoms with Crippen molar-refractivity contribution in [2.75, 3.05) is 11.6 Å². The minimum absolute atomic E-state index is 0.0128. The number of carboxylic acid groups (broad SMARTS) is 1. The number of nitrogen functional groups attached to an aromatic ring is 1. The maximum absolute atomic E-state index is 12.3. The number of fused-ring (bicyclic) bond motifs is 1. The summed E-state index contributed by atoms with van der Waals surface area (Å²) >= 11 is 1.38. The van der Waals surface area contributed by atoms with Gasteiger partial charge in [0.05, 0.1) is 5.25 Å². The van der Waals surface area contributed by atoms with E-state index in [1.54, 1.807) is 0 Å². The molecule has 0 aromatic heterocycles. The second-order valence-electron chi connectivity index (χ2n) is 5.66. The van der Waals surface area contributed by atoms with Gasteiger partial charge in [0, 0.05) is 18.0 Å². The Morgan fingerprint density at radius 1 is 1.41 bits per heavy atom. The second kappa shape index (κ2) is 6.14. The minimum atomic E-state index is -0.952. The zero-order valence-corrected chi connectivity index (χ0v) is 12.9. The topological polar surface area (TPSA) is 92.4 Å². The Bertz CT molecular complexity index is 657. The molecule has 1 saturated heterocycles. The number of hydrogen-bond donors (Lipinski definition) is 3. The number of hydrogen-bond acceptors (Lipinski definition) is 5. The van der Waals surface area contributed by atoms with E-state index in [-0.39, 0.29) is 5.78 Å². The number of Topliss-reactive ketones (excluding diaryl/α,β-unsaturated/α-hetero) is 1. The standard InChI is InChI=1S/C16H18N2O3S/c17-12-3-2-10-5-9(6-11(10)7-12)1-4-13(19)15-14(16(20)21)18-8-22-15/h2-3,6-7,14-15,18H,1,4-5,8,17H2,(H,20,21)/t14-,15?/m0/s1. The number of carboxylic acids is 1. The molecule has 22 heavy (non-hydrogen) atoms. The number of nitrogens with two attached hydrogens (primary N) is 1. The van der Waals surface area contributed by atoms with Crippen LogP contribution in [0.1, 0.15) is 24.0 Å². The van der Waals surface area contributed by atoms with Crippen LogP contribution in [-0.2, 0) is 16.0 Å². The van der Waals surface area contributed by atoms with Crippen LogP contribution in [0.4, 0.5) is 5.69 Å². The van der Waals surface area contributed by atoms with E-state index in [1.807, 2.05) is 18.2 Å². The first-order valence-electron chi connectivity index (χ1n) is 7.23. The normalized spacial score (nSPS) is 23.2. The van der Waals surface area contributed by atoms with E-state index in [4.69, 9.17) is 10.8 Å². The van der Waals surface area contributed by atoms with Gasteiger partial charge in [0.2, 0.25) is 0 Å². The van der Waals surface area contributed by atoms with E-state index in [2.05, 4.69) is 11.4 Å². The second-order valence-corrected chi connectivity index (χ2v) is 6.79. The average Bonchev–Trinajstić information content (AvgIpc) is 3.10. The first-order chi connectivity index (χ1) is 10.5. The lowest BCUT2D eigenvalue weighted by atomic mass is 10.0. The predicted molar refractivity (Wildman–Crippen MR) is 87.6 cm³/mol.